The van der Waals surface area contributed by atoms with E-state index in [2.05, 4.69) is 20.8 Å². The van der Waals surface area contributed by atoms with E-state index in [-0.39, 0.29) is 5.97 Å². The Balaban J connectivity index is 3.16. The zero-order chi connectivity index (χ0) is 27.1. The van der Waals surface area contributed by atoms with Gasteiger partial charge >= 0.3 is 5.97 Å². The second-order valence-corrected chi connectivity index (χ2v) is 12.1. The van der Waals surface area contributed by atoms with Gasteiger partial charge in [0, 0.05) is 6.42 Å². The Hall–Kier alpha value is -0.530. The maximum absolute atomic E-state index is 11.9. The van der Waals surface area contributed by atoms with Gasteiger partial charge in [-0.15, -0.1) is 0 Å². The highest BCUT2D eigenvalue weighted by atomic mass is 16.5. The van der Waals surface area contributed by atoms with Crippen molar-refractivity contribution in [2.75, 3.05) is 6.61 Å². The fourth-order valence-electron chi connectivity index (χ4n) is 5.29. The molecule has 0 aromatic heterocycles. The predicted molar refractivity (Wildman–Crippen MR) is 165 cm³/mol. The van der Waals surface area contributed by atoms with Crippen LogP contribution in [0.2, 0.25) is 0 Å². The molecule has 0 amide bonds. The van der Waals surface area contributed by atoms with Crippen molar-refractivity contribution < 1.29 is 9.53 Å². The van der Waals surface area contributed by atoms with Crippen molar-refractivity contribution in [3.8, 4) is 0 Å². The number of esters is 1. The molecule has 0 heterocycles. The first kappa shape index (κ1) is 36.5. The second-order valence-electron chi connectivity index (χ2n) is 12.1. The van der Waals surface area contributed by atoms with Crippen LogP contribution in [0.1, 0.15) is 207 Å². The maximum atomic E-state index is 11.9. The van der Waals surface area contributed by atoms with Gasteiger partial charge in [-0.25, -0.2) is 0 Å². The van der Waals surface area contributed by atoms with E-state index in [9.17, 15) is 4.79 Å². The van der Waals surface area contributed by atoms with E-state index in [4.69, 9.17) is 4.74 Å². The van der Waals surface area contributed by atoms with Gasteiger partial charge in [-0.1, -0.05) is 188 Å². The number of ether oxygens (including phenoxy) is 1. The van der Waals surface area contributed by atoms with Gasteiger partial charge in [-0.05, 0) is 18.8 Å². The van der Waals surface area contributed by atoms with Gasteiger partial charge in [-0.3, -0.25) is 4.79 Å². The van der Waals surface area contributed by atoms with Gasteiger partial charge in [-0.2, -0.15) is 0 Å². The molecule has 37 heavy (non-hydrogen) atoms. The van der Waals surface area contributed by atoms with Crippen LogP contribution in [0.3, 0.4) is 0 Å². The van der Waals surface area contributed by atoms with Crippen molar-refractivity contribution in [3.63, 3.8) is 0 Å². The van der Waals surface area contributed by atoms with Crippen molar-refractivity contribution in [1.82, 2.24) is 0 Å². The largest absolute Gasteiger partial charge is 0.466 e. The highest BCUT2D eigenvalue weighted by molar-refractivity contribution is 5.69. The first-order valence-electron chi connectivity index (χ1n) is 17.4. The van der Waals surface area contributed by atoms with Crippen molar-refractivity contribution in [1.29, 1.82) is 0 Å². The lowest BCUT2D eigenvalue weighted by Gasteiger charge is -2.07. The lowest BCUT2D eigenvalue weighted by molar-refractivity contribution is -0.143. The molecule has 0 N–H and O–H groups in total. The highest BCUT2D eigenvalue weighted by Crippen LogP contribution is 2.16. The van der Waals surface area contributed by atoms with Crippen LogP contribution in [0.15, 0.2) is 0 Å². The minimum absolute atomic E-state index is 0.0267. The van der Waals surface area contributed by atoms with Crippen LogP contribution in [0.25, 0.3) is 0 Å². The van der Waals surface area contributed by atoms with Gasteiger partial charge in [0.2, 0.25) is 0 Å². The van der Waals surface area contributed by atoms with Gasteiger partial charge in [0.1, 0.15) is 0 Å². The summed E-state index contributed by atoms with van der Waals surface area (Å²) < 4.78 is 5.43. The first-order valence-corrected chi connectivity index (χ1v) is 17.4. The molecule has 1 unspecified atom stereocenters. The SMILES string of the molecule is CCCCCCCCCCCCCCCCOC(=O)CCCCCCCCCCCCCCC(C)CC. The first-order chi connectivity index (χ1) is 18.2. The smallest absolute Gasteiger partial charge is 0.305 e. The summed E-state index contributed by atoms with van der Waals surface area (Å²) >= 11 is 0. The molecule has 0 aliphatic rings. The molecule has 0 bridgehead atoms. The van der Waals surface area contributed by atoms with Crippen LogP contribution in [0.5, 0.6) is 0 Å². The second kappa shape index (κ2) is 31.7. The molecular weight excluding hydrogens is 452 g/mol. The number of hydrogen-bond acceptors (Lipinski definition) is 2. The zero-order valence-electron chi connectivity index (χ0n) is 26.1. The fourth-order valence-corrected chi connectivity index (χ4v) is 5.29. The van der Waals surface area contributed by atoms with Crippen LogP contribution >= 0.6 is 0 Å². The fraction of sp³-hybridized carbons (Fsp3) is 0.971. The van der Waals surface area contributed by atoms with E-state index < -0.39 is 0 Å². The van der Waals surface area contributed by atoms with Crippen LogP contribution < -0.4 is 0 Å². The summed E-state index contributed by atoms with van der Waals surface area (Å²) in [5.41, 5.74) is 0. The van der Waals surface area contributed by atoms with Crippen molar-refractivity contribution in [2.24, 2.45) is 5.92 Å². The van der Waals surface area contributed by atoms with Gasteiger partial charge in [0.05, 0.1) is 6.61 Å². The van der Waals surface area contributed by atoms with E-state index in [1.165, 1.54) is 167 Å². The molecule has 222 valence electrons. The van der Waals surface area contributed by atoms with E-state index in [0.29, 0.717) is 13.0 Å². The molecule has 0 aliphatic carbocycles. The number of rotatable bonds is 31. The molecular formula is C35H70O2. The Bertz CT molecular complexity index is 433. The molecule has 0 aromatic rings. The molecule has 0 spiro atoms. The molecule has 0 fully saturated rings. The summed E-state index contributed by atoms with van der Waals surface area (Å²) in [4.78, 5) is 11.9. The lowest BCUT2D eigenvalue weighted by atomic mass is 9.99. The number of carbonyl (C=O) groups is 1. The summed E-state index contributed by atoms with van der Waals surface area (Å²) in [5, 5.41) is 0. The van der Waals surface area contributed by atoms with Gasteiger partial charge in [0.15, 0.2) is 0 Å². The van der Waals surface area contributed by atoms with E-state index in [0.717, 1.165) is 18.8 Å². The topological polar surface area (TPSA) is 26.3 Å². The molecule has 0 aromatic carbocycles. The van der Waals surface area contributed by atoms with Crippen molar-refractivity contribution >= 4 is 5.97 Å². The Morgan fingerprint density at radius 3 is 1.24 bits per heavy atom. The Kier molecular flexibility index (Phi) is 31.2. The summed E-state index contributed by atoms with van der Waals surface area (Å²) in [6.45, 7) is 7.61. The highest BCUT2D eigenvalue weighted by Gasteiger charge is 2.03. The summed E-state index contributed by atoms with van der Waals surface area (Å²) in [6, 6.07) is 0. The summed E-state index contributed by atoms with van der Waals surface area (Å²) in [6.07, 6.45) is 38.6. The third-order valence-corrected chi connectivity index (χ3v) is 8.29. The monoisotopic (exact) mass is 523 g/mol. The minimum atomic E-state index is 0.0267. The van der Waals surface area contributed by atoms with Gasteiger partial charge < -0.3 is 4.74 Å². The normalized spacial score (nSPS) is 12.2. The maximum Gasteiger partial charge on any atom is 0.305 e. The average Bonchev–Trinajstić information content (AvgIpc) is 2.90. The molecule has 0 radical (unpaired) electrons. The quantitative estimate of drug-likeness (QED) is 0.0668. The van der Waals surface area contributed by atoms with E-state index in [1.54, 1.807) is 0 Å². The molecule has 0 saturated carbocycles. The van der Waals surface area contributed by atoms with Crippen molar-refractivity contribution in [2.45, 2.75) is 207 Å². The number of unbranched alkanes of at least 4 members (excludes halogenated alkanes) is 24. The molecule has 2 heteroatoms. The minimum Gasteiger partial charge on any atom is -0.466 e. The molecule has 0 aliphatic heterocycles. The van der Waals surface area contributed by atoms with E-state index in [1.807, 2.05) is 0 Å². The molecule has 0 rings (SSSR count). The summed E-state index contributed by atoms with van der Waals surface area (Å²) in [7, 11) is 0. The van der Waals surface area contributed by atoms with Crippen LogP contribution in [-0.2, 0) is 9.53 Å². The predicted octanol–water partition coefficient (Wildman–Crippen LogP) is 12.5. The van der Waals surface area contributed by atoms with Crippen molar-refractivity contribution in [3.05, 3.63) is 0 Å². The van der Waals surface area contributed by atoms with Gasteiger partial charge in [0.25, 0.3) is 0 Å². The Morgan fingerprint density at radius 2 is 0.838 bits per heavy atom. The number of carbonyl (C=O) groups excluding carboxylic acids is 1. The lowest BCUT2D eigenvalue weighted by Crippen LogP contribution is -2.05. The molecule has 1 atom stereocenters. The zero-order valence-corrected chi connectivity index (χ0v) is 26.1. The van der Waals surface area contributed by atoms with E-state index >= 15 is 0 Å². The summed E-state index contributed by atoms with van der Waals surface area (Å²) in [5.74, 6) is 0.947. The average molecular weight is 523 g/mol. The third-order valence-electron chi connectivity index (χ3n) is 8.29. The van der Waals surface area contributed by atoms with Crippen LogP contribution in [-0.4, -0.2) is 12.6 Å². The Labute approximate surface area is 234 Å². The number of hydrogen-bond donors (Lipinski definition) is 0. The van der Waals surface area contributed by atoms with Crippen LogP contribution in [0.4, 0.5) is 0 Å². The molecule has 0 saturated heterocycles. The standard InChI is InChI=1S/C35H70O2/c1-4-6-7-8-9-10-11-12-15-18-21-24-27-30-33-37-35(36)32-29-26-23-20-17-14-13-16-19-22-25-28-31-34(3)5-2/h34H,4-33H2,1-3H3. The third kappa shape index (κ3) is 31.6. The Morgan fingerprint density at radius 1 is 0.486 bits per heavy atom. The molecule has 2 nitrogen and oxygen atoms in total. The van der Waals surface area contributed by atoms with Crippen LogP contribution in [0, 0.1) is 5.92 Å².